The van der Waals surface area contributed by atoms with Crippen LogP contribution in [0.5, 0.6) is 23.0 Å². The minimum Gasteiger partial charge on any atom is -0.496 e. The van der Waals surface area contributed by atoms with Gasteiger partial charge in [0.15, 0.2) is 0 Å². The second-order valence-corrected chi connectivity index (χ2v) is 6.73. The van der Waals surface area contributed by atoms with Crippen molar-refractivity contribution in [1.29, 1.82) is 0 Å². The summed E-state index contributed by atoms with van der Waals surface area (Å²) in [5.41, 5.74) is 1.52. The molecule has 0 fully saturated rings. The number of ether oxygens (including phenoxy) is 4. The van der Waals surface area contributed by atoms with Gasteiger partial charge in [-0.3, -0.25) is 9.59 Å². The van der Waals surface area contributed by atoms with Gasteiger partial charge in [0.05, 0.1) is 31.1 Å². The Hall–Kier alpha value is -3.06. The summed E-state index contributed by atoms with van der Waals surface area (Å²) >= 11 is 0. The van der Waals surface area contributed by atoms with Gasteiger partial charge in [-0.15, -0.1) is 0 Å². The fourth-order valence-corrected chi connectivity index (χ4v) is 3.04. The molecule has 2 aromatic carbocycles. The Morgan fingerprint density at radius 1 is 0.931 bits per heavy atom. The van der Waals surface area contributed by atoms with E-state index in [2.05, 4.69) is 0 Å². The molecule has 1 N–H and O–H groups in total. The van der Waals surface area contributed by atoms with Gasteiger partial charge in [0.2, 0.25) is 0 Å². The molecule has 0 radical (unpaired) electrons. The minimum absolute atomic E-state index is 0.204. The van der Waals surface area contributed by atoms with Crippen molar-refractivity contribution in [3.63, 3.8) is 0 Å². The second-order valence-electron chi connectivity index (χ2n) is 6.73. The Kier molecular flexibility index (Phi) is 7.23. The molecule has 0 saturated carbocycles. The molecule has 0 bridgehead atoms. The number of carbonyl (C=O) groups excluding carboxylic acids is 2. The number of methoxy groups -OCH3 is 2. The standard InChI is InChI=1S/C22H26O7/c1-12(2)7-8-16(25)15-11-19(26-5)20-17(28-13(3)23)9-10-18(29-14(4)24)21(20)22(15)27-6/h7,9-11,16,25H,8H2,1-6H3/t16-/m0/s1. The molecule has 0 aliphatic carbocycles. The SMILES string of the molecule is COc1cc([C@@H](O)CC=C(C)C)c(OC)c2c(OC(C)=O)ccc(OC(C)=O)c12. The molecular weight excluding hydrogens is 376 g/mol. The first-order valence-electron chi connectivity index (χ1n) is 9.09. The van der Waals surface area contributed by atoms with E-state index in [1.165, 1.54) is 40.2 Å². The van der Waals surface area contributed by atoms with Gasteiger partial charge in [-0.2, -0.15) is 0 Å². The number of aliphatic hydroxyl groups excluding tert-OH is 1. The lowest BCUT2D eigenvalue weighted by molar-refractivity contribution is -0.132. The predicted octanol–water partition coefficient (Wildman–Crippen LogP) is 4.10. The summed E-state index contributed by atoms with van der Waals surface area (Å²) in [5.74, 6) is 0.0417. The van der Waals surface area contributed by atoms with E-state index in [-0.39, 0.29) is 11.5 Å². The molecule has 0 aliphatic rings. The molecule has 29 heavy (non-hydrogen) atoms. The smallest absolute Gasteiger partial charge is 0.308 e. The number of carbonyl (C=O) groups is 2. The molecule has 0 unspecified atom stereocenters. The van der Waals surface area contributed by atoms with Crippen LogP contribution in [0.1, 0.15) is 45.8 Å². The number of benzene rings is 2. The lowest BCUT2D eigenvalue weighted by atomic mass is 9.97. The van der Waals surface area contributed by atoms with Crippen molar-refractivity contribution < 1.29 is 33.6 Å². The zero-order valence-electron chi connectivity index (χ0n) is 17.5. The summed E-state index contributed by atoms with van der Waals surface area (Å²) in [6, 6.07) is 4.66. The van der Waals surface area contributed by atoms with Crippen LogP contribution >= 0.6 is 0 Å². The predicted molar refractivity (Wildman–Crippen MR) is 109 cm³/mol. The largest absolute Gasteiger partial charge is 0.496 e. The highest BCUT2D eigenvalue weighted by Crippen LogP contribution is 2.48. The molecule has 7 heteroatoms. The number of rotatable bonds is 7. The summed E-state index contributed by atoms with van der Waals surface area (Å²) in [4.78, 5) is 23.2. The number of fused-ring (bicyclic) bond motifs is 1. The first-order chi connectivity index (χ1) is 13.7. The van der Waals surface area contributed by atoms with Crippen LogP contribution in [0, 0.1) is 0 Å². The molecule has 0 heterocycles. The molecule has 7 nitrogen and oxygen atoms in total. The normalized spacial score (nSPS) is 11.6. The van der Waals surface area contributed by atoms with Gasteiger partial charge in [-0.05, 0) is 38.5 Å². The topological polar surface area (TPSA) is 91.3 Å². The molecule has 0 aliphatic heterocycles. The average Bonchev–Trinajstić information content (AvgIpc) is 2.65. The van der Waals surface area contributed by atoms with Crippen LogP contribution in [0.15, 0.2) is 29.8 Å². The van der Waals surface area contributed by atoms with Crippen LogP contribution in [-0.2, 0) is 9.59 Å². The van der Waals surface area contributed by atoms with Gasteiger partial charge in [0.1, 0.15) is 23.0 Å². The van der Waals surface area contributed by atoms with E-state index >= 15 is 0 Å². The summed E-state index contributed by atoms with van der Waals surface area (Å²) < 4.78 is 21.8. The van der Waals surface area contributed by atoms with E-state index in [0.29, 0.717) is 34.3 Å². The monoisotopic (exact) mass is 402 g/mol. The molecule has 2 rings (SSSR count). The van der Waals surface area contributed by atoms with Crippen LogP contribution in [0.3, 0.4) is 0 Å². The van der Waals surface area contributed by atoms with Crippen molar-refractivity contribution in [2.45, 2.75) is 40.2 Å². The van der Waals surface area contributed by atoms with Crippen LogP contribution in [0.25, 0.3) is 10.8 Å². The van der Waals surface area contributed by atoms with Crippen LogP contribution in [0.2, 0.25) is 0 Å². The third-order valence-electron chi connectivity index (χ3n) is 4.19. The summed E-state index contributed by atoms with van der Waals surface area (Å²) in [6.07, 6.45) is 1.38. The van der Waals surface area contributed by atoms with Crippen LogP contribution < -0.4 is 18.9 Å². The van der Waals surface area contributed by atoms with Crippen molar-refractivity contribution >= 4 is 22.7 Å². The maximum Gasteiger partial charge on any atom is 0.308 e. The number of allylic oxidation sites excluding steroid dienone is 1. The van der Waals surface area contributed by atoms with Crippen molar-refractivity contribution in [2.24, 2.45) is 0 Å². The highest BCUT2D eigenvalue weighted by atomic mass is 16.5. The number of hydrogen-bond donors (Lipinski definition) is 1. The molecule has 0 aromatic heterocycles. The Morgan fingerprint density at radius 2 is 1.48 bits per heavy atom. The van der Waals surface area contributed by atoms with E-state index < -0.39 is 18.0 Å². The van der Waals surface area contributed by atoms with E-state index in [1.54, 1.807) is 6.07 Å². The molecule has 2 aromatic rings. The highest BCUT2D eigenvalue weighted by Gasteiger charge is 2.25. The molecule has 1 atom stereocenters. The van der Waals surface area contributed by atoms with Crippen LogP contribution in [-0.4, -0.2) is 31.3 Å². The zero-order valence-corrected chi connectivity index (χ0v) is 17.5. The quantitative estimate of drug-likeness (QED) is 0.423. The van der Waals surface area contributed by atoms with Gasteiger partial charge in [0, 0.05) is 19.4 Å². The van der Waals surface area contributed by atoms with E-state index in [9.17, 15) is 14.7 Å². The van der Waals surface area contributed by atoms with Gasteiger partial charge in [-0.1, -0.05) is 11.6 Å². The summed E-state index contributed by atoms with van der Waals surface area (Å²) in [5, 5.41) is 11.5. The molecule has 156 valence electrons. The Bertz CT molecular complexity index is 956. The van der Waals surface area contributed by atoms with Gasteiger partial charge in [-0.25, -0.2) is 0 Å². The summed E-state index contributed by atoms with van der Waals surface area (Å²) in [7, 11) is 2.91. The van der Waals surface area contributed by atoms with Gasteiger partial charge in [0.25, 0.3) is 0 Å². The second kappa shape index (κ2) is 9.43. The fourth-order valence-electron chi connectivity index (χ4n) is 3.04. The van der Waals surface area contributed by atoms with Crippen LogP contribution in [0.4, 0.5) is 0 Å². The van der Waals surface area contributed by atoms with E-state index in [0.717, 1.165) is 5.57 Å². The third kappa shape index (κ3) is 5.06. The lowest BCUT2D eigenvalue weighted by Crippen LogP contribution is -2.08. The molecule has 0 amide bonds. The first kappa shape index (κ1) is 22.2. The highest BCUT2D eigenvalue weighted by molar-refractivity contribution is 6.04. The number of aliphatic hydroxyl groups is 1. The minimum atomic E-state index is -0.888. The lowest BCUT2D eigenvalue weighted by Gasteiger charge is -2.21. The van der Waals surface area contributed by atoms with Crippen molar-refractivity contribution in [2.75, 3.05) is 14.2 Å². The summed E-state index contributed by atoms with van der Waals surface area (Å²) in [6.45, 7) is 6.44. The van der Waals surface area contributed by atoms with E-state index in [4.69, 9.17) is 18.9 Å². The molecule has 0 spiro atoms. The zero-order chi connectivity index (χ0) is 21.7. The maximum absolute atomic E-state index is 11.6. The molecular formula is C22H26O7. The Labute approximate surface area is 169 Å². The van der Waals surface area contributed by atoms with Crippen molar-refractivity contribution in [1.82, 2.24) is 0 Å². The molecule has 0 saturated heterocycles. The fraction of sp³-hybridized carbons (Fsp3) is 0.364. The third-order valence-corrected chi connectivity index (χ3v) is 4.19. The first-order valence-corrected chi connectivity index (χ1v) is 9.09. The Morgan fingerprint density at radius 3 is 1.93 bits per heavy atom. The maximum atomic E-state index is 11.6. The van der Waals surface area contributed by atoms with Crippen molar-refractivity contribution in [3.8, 4) is 23.0 Å². The van der Waals surface area contributed by atoms with Gasteiger partial charge < -0.3 is 24.1 Å². The Balaban J connectivity index is 2.89. The average molecular weight is 402 g/mol. The number of hydrogen-bond acceptors (Lipinski definition) is 7. The van der Waals surface area contributed by atoms with Crippen molar-refractivity contribution in [3.05, 3.63) is 35.4 Å². The van der Waals surface area contributed by atoms with Gasteiger partial charge >= 0.3 is 11.9 Å². The number of esters is 2. The van der Waals surface area contributed by atoms with E-state index in [1.807, 2.05) is 19.9 Å².